The molecule has 1 N–H and O–H groups in total. The second-order valence-corrected chi connectivity index (χ2v) is 9.19. The Morgan fingerprint density at radius 3 is 2.40 bits per heavy atom. The summed E-state index contributed by atoms with van der Waals surface area (Å²) in [6, 6.07) is 19.0. The summed E-state index contributed by atoms with van der Waals surface area (Å²) in [4.78, 5) is 27.2. The first-order valence-corrected chi connectivity index (χ1v) is 11.6. The summed E-state index contributed by atoms with van der Waals surface area (Å²) >= 11 is 0. The van der Waals surface area contributed by atoms with E-state index in [0.717, 1.165) is 35.1 Å². The van der Waals surface area contributed by atoms with Crippen LogP contribution in [0.4, 0.5) is 5.69 Å². The normalized spacial score (nSPS) is 14.9. The van der Waals surface area contributed by atoms with Crippen molar-refractivity contribution >= 4 is 17.5 Å². The molecule has 1 saturated carbocycles. The molecule has 0 saturated heterocycles. The van der Waals surface area contributed by atoms with E-state index >= 15 is 0 Å². The van der Waals surface area contributed by atoms with Crippen molar-refractivity contribution in [2.75, 3.05) is 33.3 Å². The predicted octanol–water partition coefficient (Wildman–Crippen LogP) is 4.60. The molecule has 2 aliphatic rings. The second-order valence-electron chi connectivity index (χ2n) is 9.19. The van der Waals surface area contributed by atoms with Crippen LogP contribution in [0.5, 0.6) is 11.5 Å². The monoisotopic (exact) mass is 472 g/mol. The van der Waals surface area contributed by atoms with Crippen LogP contribution in [-0.2, 0) is 21.6 Å². The molecule has 1 aliphatic carbocycles. The number of rotatable bonds is 7. The molecule has 2 amide bonds. The fraction of sp³-hybridized carbons (Fsp3) is 0.286. The SMILES string of the molecule is COCc1ccc(NC(=O)C2(c3ccc4c(c3)OCO4)CC2)cc1-c1ccc(C(=O)N(C)C)cc1. The molecule has 3 aromatic carbocycles. The molecular formula is C28H28N2O5. The third-order valence-corrected chi connectivity index (χ3v) is 6.63. The molecule has 0 radical (unpaired) electrons. The Balaban J connectivity index is 1.40. The Bertz CT molecular complexity index is 1280. The van der Waals surface area contributed by atoms with Gasteiger partial charge < -0.3 is 24.4 Å². The number of carbonyl (C=O) groups excluding carboxylic acids is 2. The van der Waals surface area contributed by atoms with Gasteiger partial charge in [-0.05, 0) is 71.5 Å². The van der Waals surface area contributed by atoms with E-state index in [-0.39, 0.29) is 18.6 Å². The highest BCUT2D eigenvalue weighted by Crippen LogP contribution is 2.51. The second kappa shape index (κ2) is 9.07. The molecule has 7 nitrogen and oxygen atoms in total. The van der Waals surface area contributed by atoms with Crippen molar-refractivity contribution in [3.63, 3.8) is 0 Å². The van der Waals surface area contributed by atoms with Crippen LogP contribution in [-0.4, -0.2) is 44.7 Å². The molecule has 0 aromatic heterocycles. The van der Waals surface area contributed by atoms with Crippen LogP contribution >= 0.6 is 0 Å². The van der Waals surface area contributed by atoms with Gasteiger partial charge in [0.25, 0.3) is 5.91 Å². The van der Waals surface area contributed by atoms with Gasteiger partial charge in [0.15, 0.2) is 11.5 Å². The third kappa shape index (κ3) is 4.35. The van der Waals surface area contributed by atoms with Crippen LogP contribution in [0, 0.1) is 0 Å². The number of hydrogen-bond donors (Lipinski definition) is 1. The molecule has 1 heterocycles. The lowest BCUT2D eigenvalue weighted by molar-refractivity contribution is -0.118. The van der Waals surface area contributed by atoms with Crippen LogP contribution in [0.15, 0.2) is 60.7 Å². The first-order valence-electron chi connectivity index (χ1n) is 11.6. The molecule has 0 atom stereocenters. The zero-order valence-electron chi connectivity index (χ0n) is 20.1. The Kier molecular flexibility index (Phi) is 5.94. The number of benzene rings is 3. The van der Waals surface area contributed by atoms with Crippen molar-refractivity contribution < 1.29 is 23.8 Å². The number of methoxy groups -OCH3 is 1. The molecular weight excluding hydrogens is 444 g/mol. The van der Waals surface area contributed by atoms with E-state index in [2.05, 4.69) is 5.32 Å². The van der Waals surface area contributed by atoms with E-state index < -0.39 is 5.41 Å². The van der Waals surface area contributed by atoms with Crippen molar-refractivity contribution in [2.45, 2.75) is 24.9 Å². The molecule has 0 spiro atoms. The molecule has 35 heavy (non-hydrogen) atoms. The van der Waals surface area contributed by atoms with Gasteiger partial charge in [-0.2, -0.15) is 0 Å². The molecule has 3 aromatic rings. The summed E-state index contributed by atoms with van der Waals surface area (Å²) in [7, 11) is 5.12. The lowest BCUT2D eigenvalue weighted by Gasteiger charge is -2.18. The quantitative estimate of drug-likeness (QED) is 0.544. The topological polar surface area (TPSA) is 77.1 Å². The number of anilines is 1. The predicted molar refractivity (Wildman–Crippen MR) is 133 cm³/mol. The molecule has 180 valence electrons. The van der Waals surface area contributed by atoms with Crippen LogP contribution in [0.1, 0.15) is 34.3 Å². The Morgan fingerprint density at radius 2 is 1.71 bits per heavy atom. The number of carbonyl (C=O) groups is 2. The number of nitrogens with zero attached hydrogens (tertiary/aromatic N) is 1. The van der Waals surface area contributed by atoms with Crippen LogP contribution < -0.4 is 14.8 Å². The summed E-state index contributed by atoms with van der Waals surface area (Å²) in [6.07, 6.45) is 1.57. The van der Waals surface area contributed by atoms with E-state index in [1.54, 1.807) is 26.1 Å². The van der Waals surface area contributed by atoms with Gasteiger partial charge in [0.2, 0.25) is 12.7 Å². The minimum absolute atomic E-state index is 0.0336. The van der Waals surface area contributed by atoms with Gasteiger partial charge in [-0.25, -0.2) is 0 Å². The number of fused-ring (bicyclic) bond motifs is 1. The minimum atomic E-state index is -0.555. The van der Waals surface area contributed by atoms with Crippen LogP contribution in [0.3, 0.4) is 0 Å². The van der Waals surface area contributed by atoms with Gasteiger partial charge in [0.1, 0.15) is 0 Å². The standard InChI is InChI=1S/C28H28N2O5/c1-30(2)26(31)19-6-4-18(5-7-19)23-15-22(10-8-20(23)16-33-3)29-27(32)28(12-13-28)21-9-11-24-25(14-21)35-17-34-24/h4-11,14-15H,12-13,16-17H2,1-3H3,(H,29,32). The third-order valence-electron chi connectivity index (χ3n) is 6.63. The first kappa shape index (κ1) is 22.9. The van der Waals surface area contributed by atoms with Crippen molar-refractivity contribution in [3.8, 4) is 22.6 Å². The zero-order valence-corrected chi connectivity index (χ0v) is 20.1. The zero-order chi connectivity index (χ0) is 24.6. The molecule has 1 aliphatic heterocycles. The van der Waals surface area contributed by atoms with E-state index in [4.69, 9.17) is 14.2 Å². The molecule has 0 unspecified atom stereocenters. The average Bonchev–Trinajstić information content (AvgIpc) is 3.55. The summed E-state index contributed by atoms with van der Waals surface area (Å²) < 4.78 is 16.3. The highest BCUT2D eigenvalue weighted by atomic mass is 16.7. The highest BCUT2D eigenvalue weighted by molar-refractivity contribution is 6.02. The smallest absolute Gasteiger partial charge is 0.253 e. The van der Waals surface area contributed by atoms with Gasteiger partial charge in [0.05, 0.1) is 12.0 Å². The number of hydrogen-bond acceptors (Lipinski definition) is 5. The highest BCUT2D eigenvalue weighted by Gasteiger charge is 2.51. The first-order chi connectivity index (χ1) is 16.9. The Hall–Kier alpha value is -3.84. The molecule has 0 bridgehead atoms. The lowest BCUT2D eigenvalue weighted by Crippen LogP contribution is -2.27. The summed E-state index contributed by atoms with van der Waals surface area (Å²) in [6.45, 7) is 0.641. The van der Waals surface area contributed by atoms with Gasteiger partial charge >= 0.3 is 0 Å². The van der Waals surface area contributed by atoms with Gasteiger partial charge in [-0.3, -0.25) is 9.59 Å². The lowest BCUT2D eigenvalue weighted by atomic mass is 9.94. The maximum atomic E-state index is 13.4. The number of amides is 2. The molecule has 1 fully saturated rings. The van der Waals surface area contributed by atoms with E-state index in [1.165, 1.54) is 0 Å². The number of ether oxygens (including phenoxy) is 3. The Labute approximate surface area is 204 Å². The van der Waals surface area contributed by atoms with Crippen LogP contribution in [0.2, 0.25) is 0 Å². The minimum Gasteiger partial charge on any atom is -0.454 e. The van der Waals surface area contributed by atoms with Gasteiger partial charge in [-0.15, -0.1) is 0 Å². The van der Waals surface area contributed by atoms with Gasteiger partial charge in [-0.1, -0.05) is 24.3 Å². The van der Waals surface area contributed by atoms with Crippen molar-refractivity contribution in [3.05, 3.63) is 77.4 Å². The summed E-state index contributed by atoms with van der Waals surface area (Å²) in [5, 5.41) is 3.12. The van der Waals surface area contributed by atoms with Gasteiger partial charge in [0, 0.05) is 32.5 Å². The van der Waals surface area contributed by atoms with E-state index in [9.17, 15) is 9.59 Å². The van der Waals surface area contributed by atoms with Crippen molar-refractivity contribution in [1.82, 2.24) is 4.90 Å². The van der Waals surface area contributed by atoms with E-state index in [1.807, 2.05) is 60.7 Å². The maximum Gasteiger partial charge on any atom is 0.253 e. The van der Waals surface area contributed by atoms with E-state index in [0.29, 0.717) is 29.4 Å². The van der Waals surface area contributed by atoms with Crippen LogP contribution in [0.25, 0.3) is 11.1 Å². The molecule has 7 heteroatoms. The van der Waals surface area contributed by atoms with Crippen molar-refractivity contribution in [2.24, 2.45) is 0 Å². The fourth-order valence-electron chi connectivity index (χ4n) is 4.47. The largest absolute Gasteiger partial charge is 0.454 e. The summed E-state index contributed by atoms with van der Waals surface area (Å²) in [5.74, 6) is 1.31. The average molecular weight is 473 g/mol. The molecule has 5 rings (SSSR count). The Morgan fingerprint density at radius 1 is 0.971 bits per heavy atom. The van der Waals surface area contributed by atoms with Crippen molar-refractivity contribution in [1.29, 1.82) is 0 Å². The maximum absolute atomic E-state index is 13.4. The number of nitrogens with one attached hydrogen (secondary N) is 1. The summed E-state index contributed by atoms with van der Waals surface area (Å²) in [5.41, 5.74) is 4.61. The fourth-order valence-corrected chi connectivity index (χ4v) is 4.47.